The van der Waals surface area contributed by atoms with Gasteiger partial charge in [0.1, 0.15) is 22.3 Å². The van der Waals surface area contributed by atoms with Gasteiger partial charge in [0.2, 0.25) is 0 Å². The molecule has 7 nitrogen and oxygen atoms in total. The first kappa shape index (κ1) is 85.1. The lowest BCUT2D eigenvalue weighted by atomic mass is 9.33. The highest BCUT2D eigenvalue weighted by molar-refractivity contribution is 7.00. The van der Waals surface area contributed by atoms with Crippen molar-refractivity contribution in [1.29, 1.82) is 0 Å². The van der Waals surface area contributed by atoms with Gasteiger partial charge in [0, 0.05) is 110 Å². The third-order valence-electron chi connectivity index (χ3n) is 30.9. The quantitative estimate of drug-likeness (QED) is 0.135. The predicted molar refractivity (Wildman–Crippen MR) is 598 cm³/mol. The van der Waals surface area contributed by atoms with E-state index in [9.17, 15) is 0 Å². The van der Waals surface area contributed by atoms with Crippen LogP contribution in [-0.2, 0) is 32.5 Å². The van der Waals surface area contributed by atoms with E-state index in [0.29, 0.717) is 0 Å². The molecule has 680 valence electrons. The smallest absolute Gasteiger partial charge is 0.252 e. The van der Waals surface area contributed by atoms with Gasteiger partial charge in [-0.1, -0.05) is 367 Å². The molecule has 140 heavy (non-hydrogen) atoms. The van der Waals surface area contributed by atoms with Gasteiger partial charge in [-0.2, -0.15) is 0 Å². The van der Waals surface area contributed by atoms with Gasteiger partial charge in [0.15, 0.2) is 0 Å². The zero-order valence-electron chi connectivity index (χ0n) is 83.1. The summed E-state index contributed by atoms with van der Waals surface area (Å²) in [7, 11) is 0. The molecule has 0 bridgehead atoms. The van der Waals surface area contributed by atoms with E-state index >= 15 is 0 Å². The maximum atomic E-state index is 7.80. The van der Waals surface area contributed by atoms with Crippen molar-refractivity contribution in [3.8, 4) is 67.0 Å². The van der Waals surface area contributed by atoms with Crippen molar-refractivity contribution in [2.24, 2.45) is 0 Å². The van der Waals surface area contributed by atoms with E-state index in [2.05, 4.69) is 500 Å². The Morgan fingerprint density at radius 2 is 0.564 bits per heavy atom. The first-order valence-corrected chi connectivity index (χ1v) is 50.0. The lowest BCUT2D eigenvalue weighted by Crippen LogP contribution is -2.61. The molecule has 2 aliphatic rings. The second-order valence-corrected chi connectivity index (χ2v) is 46.1. The van der Waals surface area contributed by atoms with Crippen LogP contribution in [0.2, 0.25) is 0 Å². The van der Waals surface area contributed by atoms with Gasteiger partial charge in [0.25, 0.3) is 6.71 Å². The maximum Gasteiger partial charge on any atom is 0.252 e. The number of aromatic nitrogens is 3. The number of hydrogen-bond donors (Lipinski definition) is 0. The number of hydrogen-bond acceptors (Lipinski definition) is 4. The molecule has 2 aliphatic heterocycles. The molecule has 8 heteroatoms. The fourth-order valence-electron chi connectivity index (χ4n) is 23.7. The van der Waals surface area contributed by atoms with Gasteiger partial charge in [-0.25, -0.2) is 0 Å². The van der Waals surface area contributed by atoms with Gasteiger partial charge in [0.05, 0.1) is 60.8 Å². The van der Waals surface area contributed by atoms with Gasteiger partial charge in [-0.15, -0.1) is 0 Å². The Labute approximate surface area is 818 Å². The van der Waals surface area contributed by atoms with Crippen LogP contribution in [0.5, 0.6) is 0 Å². The minimum absolute atomic E-state index is 0.249. The molecule has 0 unspecified atom stereocenters. The number of benzene rings is 18. The summed E-state index contributed by atoms with van der Waals surface area (Å²) in [5.74, 6) is 0. The van der Waals surface area contributed by atoms with Crippen LogP contribution in [0.25, 0.3) is 193 Å². The average molecular weight is 1810 g/mol. The molecule has 0 saturated heterocycles. The standard InChI is InChI=1S/C132H112BN5O2/c1-127(2,3)85-61-83(62-86(71-85)128(4,5)6)99-75-103(131(13,14)15)125-119(97-45-29-35-51-117(97)139-125)123(99)137-113-73-89(134-107-47-31-25-41-91(107)95-57-53-79(67-111(95)134)77-37-21-19-22-38-77)55-59-105(113)133-106-60-56-90(135-108-48-32-26-42-92(108)96-58-54-80(68-112(96)135)78-39-23-20-24-40-78)74-114(106)138(116-70-82(69-115(137)121(116)133)81-65-101-93-43-27-33-49-109(93)136-110-50-34-28-44-94(110)102(66-81)122(101)136)124-100(84-63-87(129(7,8)9)72-88(64-84)130(10,11)12)76-104(132(16,17)18)126-120(124)98-46-30-36-52-118(98)140-126/h19-76H,1-18H3. The molecule has 0 radical (unpaired) electrons. The fraction of sp³-hybridized carbons (Fsp3) is 0.182. The van der Waals surface area contributed by atoms with Crippen molar-refractivity contribution in [2.75, 3.05) is 9.80 Å². The summed E-state index contributed by atoms with van der Waals surface area (Å²) in [6, 6.07) is 136. The SMILES string of the molecule is CC(C)(C)c1cc(-c2cc(C(C)(C)C)c3oc4ccccc4c3c2N2c3cc(-n4c5ccccc5c5ccc(-c6ccccc6)cc54)ccc3B3c4ccc(-n5c6ccccc6c6ccc(-c7ccccc7)cc65)cc4N(c4c(-c5cc(C(C)(C)C)cc(C(C)(C)C)c5)cc(C(C)(C)C)c5oc6ccccc6c45)c4cc(-c5cc6c7ccccc7n7c8ccccc8c(c5)c67)cc2c43)cc(C(C)(C)C)c1. The monoisotopic (exact) mass is 1810 g/mol. The molecule has 24 aromatic rings. The van der Waals surface area contributed by atoms with Crippen molar-refractivity contribution in [3.05, 3.63) is 385 Å². The highest BCUT2D eigenvalue weighted by Gasteiger charge is 2.48. The van der Waals surface area contributed by atoms with Crippen molar-refractivity contribution >= 4 is 183 Å². The van der Waals surface area contributed by atoms with Gasteiger partial charge >= 0.3 is 0 Å². The van der Waals surface area contributed by atoms with E-state index in [-0.39, 0.29) is 21.7 Å². The van der Waals surface area contributed by atoms with E-state index in [1.807, 2.05) is 0 Å². The first-order chi connectivity index (χ1) is 67.2. The van der Waals surface area contributed by atoms with Gasteiger partial charge < -0.3 is 32.2 Å². The van der Waals surface area contributed by atoms with E-state index < -0.39 is 17.5 Å². The molecular weight excluding hydrogens is 1700 g/mol. The van der Waals surface area contributed by atoms with E-state index in [1.165, 1.54) is 98.3 Å². The van der Waals surface area contributed by atoms with Crippen LogP contribution in [-0.4, -0.2) is 20.2 Å². The number of anilines is 6. The van der Waals surface area contributed by atoms with Crippen LogP contribution in [0.15, 0.2) is 361 Å². The number of fused-ring (bicyclic) bond motifs is 22. The molecule has 0 amide bonds. The number of furan rings is 2. The van der Waals surface area contributed by atoms with Crippen molar-refractivity contribution in [1.82, 2.24) is 13.5 Å². The Balaban J connectivity index is 0.898. The molecule has 6 aromatic heterocycles. The molecule has 0 spiro atoms. The summed E-state index contributed by atoms with van der Waals surface area (Å²) in [6.07, 6.45) is 0. The van der Waals surface area contributed by atoms with Crippen LogP contribution in [0.4, 0.5) is 34.1 Å². The Morgan fingerprint density at radius 1 is 0.229 bits per heavy atom. The van der Waals surface area contributed by atoms with Gasteiger partial charge in [-0.05, 0) is 225 Å². The topological polar surface area (TPSA) is 47.0 Å². The zero-order valence-corrected chi connectivity index (χ0v) is 83.1. The predicted octanol–water partition coefficient (Wildman–Crippen LogP) is 35.0. The normalized spacial score (nSPS) is 13.5. The van der Waals surface area contributed by atoms with Crippen molar-refractivity contribution < 1.29 is 8.83 Å². The molecule has 0 N–H and O–H groups in total. The van der Waals surface area contributed by atoms with E-state index in [1.54, 1.807) is 0 Å². The highest BCUT2D eigenvalue weighted by atomic mass is 16.3. The Morgan fingerprint density at radius 3 is 0.943 bits per heavy atom. The first-order valence-electron chi connectivity index (χ1n) is 50.0. The Kier molecular flexibility index (Phi) is 18.3. The van der Waals surface area contributed by atoms with E-state index in [4.69, 9.17) is 8.83 Å². The zero-order chi connectivity index (χ0) is 95.8. The van der Waals surface area contributed by atoms with Crippen LogP contribution in [0, 0.1) is 0 Å². The fourth-order valence-corrected chi connectivity index (χ4v) is 23.7. The lowest BCUT2D eigenvalue weighted by molar-refractivity contribution is 0.568. The summed E-state index contributed by atoms with van der Waals surface area (Å²) in [5.41, 5.74) is 40.2. The molecule has 8 heterocycles. The summed E-state index contributed by atoms with van der Waals surface area (Å²) < 4.78 is 23.3. The second kappa shape index (κ2) is 30.1. The van der Waals surface area contributed by atoms with Gasteiger partial charge in [-0.3, -0.25) is 0 Å². The minimum atomic E-state index is -0.429. The molecule has 18 aromatic carbocycles. The van der Waals surface area contributed by atoms with E-state index in [0.717, 1.165) is 178 Å². The Hall–Kier alpha value is -15.4. The molecule has 0 aliphatic carbocycles. The summed E-state index contributed by atoms with van der Waals surface area (Å²) in [6.45, 7) is 42.4. The third kappa shape index (κ3) is 12.9. The van der Waals surface area contributed by atoms with Crippen molar-refractivity contribution in [2.45, 2.75) is 157 Å². The molecule has 0 fully saturated rings. The van der Waals surface area contributed by atoms with Crippen LogP contribution >= 0.6 is 0 Å². The lowest BCUT2D eigenvalue weighted by Gasteiger charge is -2.46. The van der Waals surface area contributed by atoms with Crippen LogP contribution < -0.4 is 26.2 Å². The van der Waals surface area contributed by atoms with Crippen LogP contribution in [0.1, 0.15) is 158 Å². The minimum Gasteiger partial charge on any atom is -0.456 e. The number of para-hydroxylation sites is 6. The molecule has 0 atom stereocenters. The van der Waals surface area contributed by atoms with Crippen LogP contribution in [0.3, 0.4) is 0 Å². The highest BCUT2D eigenvalue weighted by Crippen LogP contribution is 2.60. The number of nitrogens with zero attached hydrogens (tertiary/aromatic N) is 5. The molecular formula is C132H112BN5O2. The molecule has 26 rings (SSSR count). The molecule has 0 saturated carbocycles. The third-order valence-corrected chi connectivity index (χ3v) is 30.9. The summed E-state index contributed by atoms with van der Waals surface area (Å²) in [4.78, 5) is 5.59. The van der Waals surface area contributed by atoms with Crippen molar-refractivity contribution in [3.63, 3.8) is 0 Å². The largest absolute Gasteiger partial charge is 0.456 e. The summed E-state index contributed by atoms with van der Waals surface area (Å²) in [5, 5.41) is 13.8. The Bertz CT molecular complexity index is 8790. The number of rotatable bonds is 9. The second-order valence-electron chi connectivity index (χ2n) is 46.1. The average Bonchev–Trinajstić information content (AvgIpc) is 1.16. The maximum absolute atomic E-state index is 7.80. The summed E-state index contributed by atoms with van der Waals surface area (Å²) >= 11 is 0.